The van der Waals surface area contributed by atoms with Crippen LogP contribution in [-0.4, -0.2) is 37.4 Å². The number of carbonyl (C=O) groups excluding carboxylic acids is 2. The van der Waals surface area contributed by atoms with Crippen molar-refractivity contribution in [1.29, 1.82) is 0 Å². The van der Waals surface area contributed by atoms with E-state index in [2.05, 4.69) is 13.8 Å². The van der Waals surface area contributed by atoms with Crippen molar-refractivity contribution >= 4 is 11.9 Å². The zero-order chi connectivity index (χ0) is 23.7. The Hall–Kier alpha value is -1.10. The van der Waals surface area contributed by atoms with Crippen LogP contribution in [0.4, 0.5) is 0 Å². The highest BCUT2D eigenvalue weighted by Crippen LogP contribution is 2.43. The van der Waals surface area contributed by atoms with Gasteiger partial charge >= 0.3 is 11.9 Å². The minimum atomic E-state index is -0.408. The summed E-state index contributed by atoms with van der Waals surface area (Å²) in [5.74, 6) is -1.29. The van der Waals surface area contributed by atoms with Crippen LogP contribution in [0.3, 0.4) is 0 Å². The van der Waals surface area contributed by atoms with Crippen LogP contribution in [0.15, 0.2) is 0 Å². The zero-order valence-corrected chi connectivity index (χ0v) is 21.5. The molecule has 1 saturated heterocycles. The molecule has 5 heteroatoms. The van der Waals surface area contributed by atoms with E-state index in [1.54, 1.807) is 0 Å². The predicted octanol–water partition coefficient (Wildman–Crippen LogP) is 7.15. The number of hydrogen-bond acceptors (Lipinski definition) is 5. The maximum Gasteiger partial charge on any atom is 0.309 e. The van der Waals surface area contributed by atoms with Gasteiger partial charge in [0.1, 0.15) is 0 Å². The van der Waals surface area contributed by atoms with E-state index in [9.17, 15) is 9.59 Å². The number of ether oxygens (including phenoxy) is 3. The molecule has 2 rings (SSSR count). The Morgan fingerprint density at radius 1 is 0.576 bits per heavy atom. The van der Waals surface area contributed by atoms with Gasteiger partial charge < -0.3 is 14.2 Å². The molecule has 0 aromatic carbocycles. The molecule has 1 aliphatic heterocycles. The Morgan fingerprint density at radius 2 is 0.909 bits per heavy atom. The molecule has 1 saturated carbocycles. The summed E-state index contributed by atoms with van der Waals surface area (Å²) < 4.78 is 16.8. The summed E-state index contributed by atoms with van der Waals surface area (Å²) in [5.41, 5.74) is 0. The Kier molecular flexibility index (Phi) is 14.8. The van der Waals surface area contributed by atoms with Crippen molar-refractivity contribution in [3.05, 3.63) is 0 Å². The van der Waals surface area contributed by atoms with E-state index in [0.29, 0.717) is 26.1 Å². The van der Waals surface area contributed by atoms with Crippen LogP contribution in [0.2, 0.25) is 0 Å². The van der Waals surface area contributed by atoms with Gasteiger partial charge in [-0.3, -0.25) is 9.59 Å². The van der Waals surface area contributed by atoms with E-state index < -0.39 is 11.8 Å². The first-order chi connectivity index (χ1) is 16.2. The van der Waals surface area contributed by atoms with E-state index in [1.807, 2.05) is 0 Å². The summed E-state index contributed by atoms with van der Waals surface area (Å²) in [6, 6.07) is 0. The van der Waals surface area contributed by atoms with Crippen molar-refractivity contribution in [2.24, 2.45) is 11.8 Å². The smallest absolute Gasteiger partial charge is 0.309 e. The normalized spacial score (nSPS) is 23.7. The van der Waals surface area contributed by atoms with Crippen LogP contribution in [0.1, 0.15) is 129 Å². The molecule has 0 spiro atoms. The molecule has 33 heavy (non-hydrogen) atoms. The van der Waals surface area contributed by atoms with Crippen LogP contribution in [0.5, 0.6) is 0 Å². The van der Waals surface area contributed by atoms with Crippen molar-refractivity contribution in [3.8, 4) is 0 Å². The second-order valence-corrected chi connectivity index (χ2v) is 10.2. The maximum absolute atomic E-state index is 12.7. The van der Waals surface area contributed by atoms with E-state index >= 15 is 0 Å². The van der Waals surface area contributed by atoms with Crippen LogP contribution >= 0.6 is 0 Å². The van der Waals surface area contributed by atoms with Gasteiger partial charge in [0.2, 0.25) is 0 Å². The standard InChI is InChI=1S/C28H50O5/c1-3-5-7-9-11-13-15-17-19-31-27(29)23-21-25-26(33-25)22-24(23)28(30)32-20-18-16-14-12-10-8-6-4-2/h23-26H,3-22H2,1-2H3/t23?,24?,25-,26+. The largest absolute Gasteiger partial charge is 0.465 e. The number of epoxide rings is 1. The Bertz CT molecular complexity index is 488. The minimum absolute atomic E-state index is 0.127. The van der Waals surface area contributed by atoms with Gasteiger partial charge in [0.15, 0.2) is 0 Å². The van der Waals surface area contributed by atoms with Crippen LogP contribution in [0.25, 0.3) is 0 Å². The third kappa shape index (κ3) is 11.7. The van der Waals surface area contributed by atoms with Crippen molar-refractivity contribution in [2.45, 2.75) is 142 Å². The first-order valence-electron chi connectivity index (χ1n) is 14.2. The van der Waals surface area contributed by atoms with Gasteiger partial charge in [-0.25, -0.2) is 0 Å². The lowest BCUT2D eigenvalue weighted by molar-refractivity contribution is -0.162. The van der Waals surface area contributed by atoms with Crippen LogP contribution in [-0.2, 0) is 23.8 Å². The lowest BCUT2D eigenvalue weighted by Crippen LogP contribution is -2.37. The Labute approximate surface area is 202 Å². The van der Waals surface area contributed by atoms with Gasteiger partial charge in [0, 0.05) is 0 Å². The first kappa shape index (κ1) is 28.1. The monoisotopic (exact) mass is 466 g/mol. The van der Waals surface area contributed by atoms with E-state index in [-0.39, 0.29) is 24.1 Å². The highest BCUT2D eigenvalue weighted by Gasteiger charge is 2.53. The van der Waals surface area contributed by atoms with Crippen molar-refractivity contribution in [1.82, 2.24) is 0 Å². The number of rotatable bonds is 20. The molecule has 5 nitrogen and oxygen atoms in total. The van der Waals surface area contributed by atoms with Gasteiger partial charge in [-0.2, -0.15) is 0 Å². The predicted molar refractivity (Wildman–Crippen MR) is 132 cm³/mol. The highest BCUT2D eigenvalue weighted by atomic mass is 16.6. The number of esters is 2. The Balaban J connectivity index is 1.58. The molecule has 0 bridgehead atoms. The van der Waals surface area contributed by atoms with Gasteiger partial charge in [0.25, 0.3) is 0 Å². The molecule has 1 heterocycles. The average Bonchev–Trinajstić information content (AvgIpc) is 3.59. The fraction of sp³-hybridized carbons (Fsp3) is 0.929. The minimum Gasteiger partial charge on any atom is -0.465 e. The SMILES string of the molecule is CCCCCCCCCCOC(=O)C1C[C@@H]2O[C@@H]2CC1C(=O)OCCCCCCCCCC. The Morgan fingerprint density at radius 3 is 1.27 bits per heavy atom. The summed E-state index contributed by atoms with van der Waals surface area (Å²) >= 11 is 0. The summed E-state index contributed by atoms with van der Waals surface area (Å²) in [6.45, 7) is 5.38. The third-order valence-electron chi connectivity index (χ3n) is 7.24. The lowest BCUT2D eigenvalue weighted by atomic mass is 9.79. The molecule has 1 aliphatic carbocycles. The van der Waals surface area contributed by atoms with Gasteiger partial charge in [-0.15, -0.1) is 0 Å². The summed E-state index contributed by atoms with van der Waals surface area (Å²) in [4.78, 5) is 25.4. The first-order valence-corrected chi connectivity index (χ1v) is 14.2. The fourth-order valence-corrected chi connectivity index (χ4v) is 4.98. The summed E-state index contributed by atoms with van der Waals surface area (Å²) in [7, 11) is 0. The number of unbranched alkanes of at least 4 members (excludes halogenated alkanes) is 14. The second kappa shape index (κ2) is 17.4. The zero-order valence-electron chi connectivity index (χ0n) is 21.5. The third-order valence-corrected chi connectivity index (χ3v) is 7.24. The van der Waals surface area contributed by atoms with Crippen molar-refractivity contribution < 1.29 is 23.8 Å². The molecule has 2 unspecified atom stereocenters. The van der Waals surface area contributed by atoms with Gasteiger partial charge in [-0.1, -0.05) is 104 Å². The molecule has 4 atom stereocenters. The molecule has 0 aromatic heterocycles. The fourth-order valence-electron chi connectivity index (χ4n) is 4.98. The van der Waals surface area contributed by atoms with Crippen LogP contribution < -0.4 is 0 Å². The van der Waals surface area contributed by atoms with Crippen molar-refractivity contribution in [3.63, 3.8) is 0 Å². The summed E-state index contributed by atoms with van der Waals surface area (Å²) in [6.07, 6.45) is 20.9. The number of hydrogen-bond donors (Lipinski definition) is 0. The number of fused-ring (bicyclic) bond motifs is 1. The molecule has 2 fully saturated rings. The number of carbonyl (C=O) groups is 2. The molecule has 0 amide bonds. The van der Waals surface area contributed by atoms with Crippen molar-refractivity contribution in [2.75, 3.05) is 13.2 Å². The topological polar surface area (TPSA) is 65.1 Å². The summed E-state index contributed by atoms with van der Waals surface area (Å²) in [5, 5.41) is 0. The molecule has 0 radical (unpaired) electrons. The van der Waals surface area contributed by atoms with E-state index in [0.717, 1.165) is 25.7 Å². The molecule has 0 N–H and O–H groups in total. The highest BCUT2D eigenvalue weighted by molar-refractivity contribution is 5.82. The average molecular weight is 467 g/mol. The quantitative estimate of drug-likeness (QED) is 0.108. The van der Waals surface area contributed by atoms with E-state index in [4.69, 9.17) is 14.2 Å². The molecule has 192 valence electrons. The second-order valence-electron chi connectivity index (χ2n) is 10.2. The lowest BCUT2D eigenvalue weighted by Gasteiger charge is -2.26. The molecular formula is C28H50O5. The maximum atomic E-state index is 12.7. The van der Waals surface area contributed by atoms with Gasteiger partial charge in [0.05, 0.1) is 37.3 Å². The van der Waals surface area contributed by atoms with Gasteiger partial charge in [-0.05, 0) is 25.7 Å². The molecule has 2 aliphatic rings. The van der Waals surface area contributed by atoms with Crippen LogP contribution in [0, 0.1) is 11.8 Å². The van der Waals surface area contributed by atoms with E-state index in [1.165, 1.54) is 77.0 Å². The molecule has 0 aromatic rings. The molecular weight excluding hydrogens is 416 g/mol.